The third-order valence-electron chi connectivity index (χ3n) is 8.36. The molecule has 0 bridgehead atoms. The van der Waals surface area contributed by atoms with Crippen LogP contribution in [0.3, 0.4) is 0 Å². The van der Waals surface area contributed by atoms with Crippen LogP contribution < -0.4 is 14.8 Å². The van der Waals surface area contributed by atoms with E-state index in [1.807, 2.05) is 0 Å². The molecular formula is C32H35F2N5O6S. The van der Waals surface area contributed by atoms with Crippen LogP contribution in [0.15, 0.2) is 54.9 Å². The summed E-state index contributed by atoms with van der Waals surface area (Å²) in [7, 11) is -1.68. The molecule has 0 aliphatic carbocycles. The zero-order valence-corrected chi connectivity index (χ0v) is 26.3. The highest BCUT2D eigenvalue weighted by atomic mass is 32.2. The Morgan fingerprint density at radius 3 is 2.52 bits per heavy atom. The molecule has 14 heteroatoms. The molecule has 2 atom stereocenters. The SMILES string of the molecule is COc1cnc2[nH]cc(C(=O)c3ccc(Oc4ccccc4F)cc3F)c2c1N[C@@H]1CC[C@@H](CN2CCN(S(C)(=O)=O)CC2)OC1. The van der Waals surface area contributed by atoms with Gasteiger partial charge in [-0.05, 0) is 37.1 Å². The average molecular weight is 656 g/mol. The Bertz CT molecular complexity index is 1840. The second-order valence-corrected chi connectivity index (χ2v) is 13.4. The minimum absolute atomic E-state index is 0.0138. The molecule has 2 N–H and O–H groups in total. The third-order valence-corrected chi connectivity index (χ3v) is 9.66. The number of hydrogen-bond acceptors (Lipinski definition) is 9. The number of ketones is 1. The highest BCUT2D eigenvalue weighted by Crippen LogP contribution is 2.37. The molecule has 2 aliphatic heterocycles. The van der Waals surface area contributed by atoms with Crippen LogP contribution in [0.5, 0.6) is 17.2 Å². The number of methoxy groups -OCH3 is 1. The van der Waals surface area contributed by atoms with Gasteiger partial charge < -0.3 is 24.5 Å². The molecule has 0 amide bonds. The van der Waals surface area contributed by atoms with Gasteiger partial charge in [-0.15, -0.1) is 0 Å². The molecular weight excluding hydrogens is 620 g/mol. The number of rotatable bonds is 10. The highest BCUT2D eigenvalue weighted by Gasteiger charge is 2.29. The summed E-state index contributed by atoms with van der Waals surface area (Å²) in [4.78, 5) is 23.3. The van der Waals surface area contributed by atoms with Crippen molar-refractivity contribution in [1.29, 1.82) is 0 Å². The number of benzene rings is 2. The molecule has 6 rings (SSSR count). The van der Waals surface area contributed by atoms with Crippen LogP contribution in [-0.4, -0.2) is 98.2 Å². The maximum atomic E-state index is 15.3. The first-order valence-corrected chi connectivity index (χ1v) is 16.8. The fraction of sp³-hybridized carbons (Fsp3) is 0.375. The van der Waals surface area contributed by atoms with Crippen LogP contribution in [0.4, 0.5) is 14.5 Å². The maximum absolute atomic E-state index is 15.3. The van der Waals surface area contributed by atoms with E-state index in [4.69, 9.17) is 14.2 Å². The van der Waals surface area contributed by atoms with Gasteiger partial charge in [0.2, 0.25) is 10.0 Å². The van der Waals surface area contributed by atoms with Crippen molar-refractivity contribution in [1.82, 2.24) is 19.2 Å². The van der Waals surface area contributed by atoms with Gasteiger partial charge in [-0.2, -0.15) is 4.31 Å². The number of H-pyrrole nitrogens is 1. The van der Waals surface area contributed by atoms with Crippen LogP contribution in [0.25, 0.3) is 11.0 Å². The predicted octanol–water partition coefficient (Wildman–Crippen LogP) is 4.41. The number of piperazine rings is 1. The molecule has 0 unspecified atom stereocenters. The summed E-state index contributed by atoms with van der Waals surface area (Å²) in [6.07, 6.45) is 5.86. The topological polar surface area (TPSA) is 126 Å². The van der Waals surface area contributed by atoms with E-state index in [0.29, 0.717) is 55.3 Å². The first kappa shape index (κ1) is 31.9. The lowest BCUT2D eigenvalue weighted by Crippen LogP contribution is -2.51. The molecule has 244 valence electrons. The van der Waals surface area contributed by atoms with E-state index in [1.54, 1.807) is 12.3 Å². The number of carbonyl (C=O) groups is 1. The number of fused-ring (bicyclic) bond motifs is 1. The molecule has 4 heterocycles. The Labute approximate surface area is 265 Å². The normalized spacial score (nSPS) is 19.7. The van der Waals surface area contributed by atoms with Crippen molar-refractivity contribution >= 4 is 32.5 Å². The first-order valence-electron chi connectivity index (χ1n) is 15.0. The van der Waals surface area contributed by atoms with E-state index in [-0.39, 0.29) is 34.8 Å². The van der Waals surface area contributed by atoms with Gasteiger partial charge in [0.05, 0.1) is 54.5 Å². The second-order valence-electron chi connectivity index (χ2n) is 11.5. The number of hydrogen-bond donors (Lipinski definition) is 2. The molecule has 2 aromatic carbocycles. The van der Waals surface area contributed by atoms with E-state index < -0.39 is 27.4 Å². The summed E-state index contributed by atoms with van der Waals surface area (Å²) in [5.74, 6) is -1.57. The minimum Gasteiger partial charge on any atom is -0.493 e. The summed E-state index contributed by atoms with van der Waals surface area (Å²) in [5, 5.41) is 3.94. The number of aromatic nitrogens is 2. The lowest BCUT2D eigenvalue weighted by Gasteiger charge is -2.37. The number of pyridine rings is 1. The van der Waals surface area contributed by atoms with Crippen LogP contribution in [0.1, 0.15) is 28.8 Å². The van der Waals surface area contributed by atoms with Gasteiger partial charge in [-0.1, -0.05) is 12.1 Å². The Morgan fingerprint density at radius 2 is 1.85 bits per heavy atom. The predicted molar refractivity (Wildman–Crippen MR) is 168 cm³/mol. The van der Waals surface area contributed by atoms with Crippen LogP contribution in [0, 0.1) is 11.6 Å². The number of sulfonamides is 1. The van der Waals surface area contributed by atoms with Crippen LogP contribution in [-0.2, 0) is 14.8 Å². The summed E-state index contributed by atoms with van der Waals surface area (Å²) in [5.41, 5.74) is 0.987. The Balaban J connectivity index is 1.15. The summed E-state index contributed by atoms with van der Waals surface area (Å²) < 4.78 is 71.7. The van der Waals surface area contributed by atoms with E-state index in [2.05, 4.69) is 20.2 Å². The number of nitrogens with one attached hydrogen (secondary N) is 2. The first-order chi connectivity index (χ1) is 22.1. The minimum atomic E-state index is -3.18. The zero-order valence-electron chi connectivity index (χ0n) is 25.5. The summed E-state index contributed by atoms with van der Waals surface area (Å²) >= 11 is 0. The number of aromatic amines is 1. The fourth-order valence-electron chi connectivity index (χ4n) is 5.90. The number of ether oxygens (including phenoxy) is 3. The lowest BCUT2D eigenvalue weighted by molar-refractivity contribution is -0.0154. The smallest absolute Gasteiger partial charge is 0.211 e. The highest BCUT2D eigenvalue weighted by molar-refractivity contribution is 7.88. The maximum Gasteiger partial charge on any atom is 0.211 e. The molecule has 11 nitrogen and oxygen atoms in total. The van der Waals surface area contributed by atoms with Crippen LogP contribution in [0.2, 0.25) is 0 Å². The zero-order chi connectivity index (χ0) is 32.4. The van der Waals surface area contributed by atoms with E-state index in [1.165, 1.54) is 54.2 Å². The summed E-state index contributed by atoms with van der Waals surface area (Å²) in [6.45, 7) is 3.40. The van der Waals surface area contributed by atoms with E-state index in [9.17, 15) is 17.6 Å². The monoisotopic (exact) mass is 655 g/mol. The van der Waals surface area contributed by atoms with Crippen LogP contribution >= 0.6 is 0 Å². The number of carbonyl (C=O) groups excluding carboxylic acids is 1. The molecule has 4 aromatic rings. The van der Waals surface area contributed by atoms with Crippen molar-refractivity contribution in [2.75, 3.05) is 58.0 Å². The largest absolute Gasteiger partial charge is 0.493 e. The molecule has 2 saturated heterocycles. The van der Waals surface area contributed by atoms with Gasteiger partial charge in [0.15, 0.2) is 23.1 Å². The molecule has 0 saturated carbocycles. The summed E-state index contributed by atoms with van der Waals surface area (Å²) in [6, 6.07) is 9.46. The van der Waals surface area contributed by atoms with Gasteiger partial charge >= 0.3 is 0 Å². The number of anilines is 1. The van der Waals surface area contributed by atoms with Crippen molar-refractivity contribution in [3.8, 4) is 17.2 Å². The molecule has 2 aliphatic rings. The van der Waals surface area contributed by atoms with E-state index >= 15 is 4.39 Å². The van der Waals surface area contributed by atoms with Gasteiger partial charge in [0.25, 0.3) is 0 Å². The lowest BCUT2D eigenvalue weighted by atomic mass is 10.0. The van der Waals surface area contributed by atoms with Gasteiger partial charge in [0, 0.05) is 51.0 Å². The molecule has 0 radical (unpaired) electrons. The average Bonchev–Trinajstić information content (AvgIpc) is 3.48. The number of para-hydroxylation sites is 1. The molecule has 2 fully saturated rings. The standard InChI is InChI=1S/C32H35F2N5O6S/c1-43-28-17-36-32-29(30(28)37-20-7-8-22(44-19-20)18-38-11-13-39(14-12-38)46(2,41)42)24(16-35-32)31(40)23-10-9-21(15-26(23)34)45-27-6-4-3-5-25(27)33/h3-6,9-10,15-17,20,22H,7-8,11-14,18-19H2,1-2H3,(H2,35,36,37)/t20-,22+/m1/s1. The van der Waals surface area contributed by atoms with Crippen molar-refractivity contribution in [2.45, 2.75) is 25.0 Å². The number of halogens is 2. The molecule has 2 aromatic heterocycles. The Hall–Kier alpha value is -4.11. The third kappa shape index (κ3) is 6.84. The molecule has 46 heavy (non-hydrogen) atoms. The molecule has 0 spiro atoms. The van der Waals surface area contributed by atoms with Gasteiger partial charge in [-0.25, -0.2) is 22.2 Å². The Kier molecular flexibility index (Phi) is 9.22. The van der Waals surface area contributed by atoms with Gasteiger partial charge in [-0.3, -0.25) is 9.69 Å². The van der Waals surface area contributed by atoms with Crippen molar-refractivity contribution in [2.24, 2.45) is 0 Å². The quantitative estimate of drug-likeness (QED) is 0.239. The van der Waals surface area contributed by atoms with E-state index in [0.717, 1.165) is 25.5 Å². The number of nitrogens with zero attached hydrogens (tertiary/aromatic N) is 3. The fourth-order valence-corrected chi connectivity index (χ4v) is 6.72. The van der Waals surface area contributed by atoms with Gasteiger partial charge in [0.1, 0.15) is 17.2 Å². The Morgan fingerprint density at radius 1 is 1.07 bits per heavy atom. The van der Waals surface area contributed by atoms with Crippen molar-refractivity contribution in [3.05, 3.63) is 77.6 Å². The van der Waals surface area contributed by atoms with Crippen molar-refractivity contribution in [3.63, 3.8) is 0 Å². The van der Waals surface area contributed by atoms with Crippen molar-refractivity contribution < 1.29 is 36.2 Å². The second kappa shape index (κ2) is 13.3.